The number of hydrogen-bond donors (Lipinski definition) is 0. The van der Waals surface area contributed by atoms with Gasteiger partial charge < -0.3 is 4.84 Å². The van der Waals surface area contributed by atoms with Crippen molar-refractivity contribution in [3.8, 4) is 0 Å². The fourth-order valence-corrected chi connectivity index (χ4v) is 2.81. The molecule has 2 rings (SSSR count). The van der Waals surface area contributed by atoms with Crippen molar-refractivity contribution >= 4 is 17.4 Å². The summed E-state index contributed by atoms with van der Waals surface area (Å²) in [6.45, 7) is 6.71. The van der Waals surface area contributed by atoms with E-state index in [4.69, 9.17) is 4.84 Å². The summed E-state index contributed by atoms with van der Waals surface area (Å²) in [6.07, 6.45) is 3.72. The van der Waals surface area contributed by atoms with E-state index in [0.29, 0.717) is 5.92 Å². The van der Waals surface area contributed by atoms with Gasteiger partial charge in [0.15, 0.2) is 0 Å². The van der Waals surface area contributed by atoms with Crippen LogP contribution in [0.25, 0.3) is 0 Å². The van der Waals surface area contributed by atoms with Gasteiger partial charge in [-0.15, -0.1) is 0 Å². The smallest absolute Gasteiger partial charge is 0.313 e. The zero-order chi connectivity index (χ0) is 17.0. The number of nitro benzene ring substituents is 1. The van der Waals surface area contributed by atoms with E-state index < -0.39 is 10.9 Å². The topological polar surface area (TPSA) is 81.8 Å². The Morgan fingerprint density at radius 3 is 2.52 bits per heavy atom. The molecule has 1 aliphatic rings. The zero-order valence-electron chi connectivity index (χ0n) is 13.7. The van der Waals surface area contributed by atoms with Gasteiger partial charge in [0.05, 0.1) is 16.2 Å². The minimum Gasteiger partial charge on any atom is -0.313 e. The van der Waals surface area contributed by atoms with Crippen molar-refractivity contribution in [1.82, 2.24) is 0 Å². The van der Waals surface area contributed by atoms with Gasteiger partial charge in [0.25, 0.3) is 5.69 Å². The van der Waals surface area contributed by atoms with E-state index in [9.17, 15) is 14.9 Å². The van der Waals surface area contributed by atoms with Crippen LogP contribution in [0.2, 0.25) is 0 Å². The van der Waals surface area contributed by atoms with Crippen molar-refractivity contribution in [2.24, 2.45) is 16.5 Å². The van der Waals surface area contributed by atoms with E-state index in [-0.39, 0.29) is 16.7 Å². The van der Waals surface area contributed by atoms with Crippen molar-refractivity contribution in [1.29, 1.82) is 0 Å². The molecule has 1 fully saturated rings. The molecule has 0 radical (unpaired) electrons. The highest BCUT2D eigenvalue weighted by Crippen LogP contribution is 2.36. The average Bonchev–Trinajstić information content (AvgIpc) is 2.52. The molecular weight excluding hydrogens is 296 g/mol. The van der Waals surface area contributed by atoms with Gasteiger partial charge in [-0.25, -0.2) is 4.79 Å². The third-order valence-electron chi connectivity index (χ3n) is 4.34. The molecule has 0 atom stereocenters. The van der Waals surface area contributed by atoms with E-state index in [0.717, 1.165) is 31.4 Å². The van der Waals surface area contributed by atoms with Crippen molar-refractivity contribution in [2.45, 2.75) is 46.5 Å². The maximum Gasteiger partial charge on any atom is 0.365 e. The molecule has 0 unspecified atom stereocenters. The first-order valence-corrected chi connectivity index (χ1v) is 7.79. The molecule has 0 spiro atoms. The summed E-state index contributed by atoms with van der Waals surface area (Å²) in [5.74, 6) is -0.0203. The molecule has 1 aromatic rings. The normalized spacial score (nSPS) is 18.4. The number of nitrogens with zero attached hydrogens (tertiary/aromatic N) is 2. The molecule has 124 valence electrons. The SMILES string of the molecule is CC(C)(C)C1CCC(=NOC(=O)c2cccc([N+](=O)[O-])c2)CC1. The van der Waals surface area contributed by atoms with Crippen molar-refractivity contribution in [3.63, 3.8) is 0 Å². The quantitative estimate of drug-likeness (QED) is 0.471. The van der Waals surface area contributed by atoms with Crippen LogP contribution >= 0.6 is 0 Å². The van der Waals surface area contributed by atoms with Gasteiger partial charge in [-0.05, 0) is 43.1 Å². The third-order valence-corrected chi connectivity index (χ3v) is 4.34. The number of non-ortho nitro benzene ring substituents is 1. The first kappa shape index (κ1) is 17.1. The lowest BCUT2D eigenvalue weighted by atomic mass is 9.72. The van der Waals surface area contributed by atoms with Crippen molar-refractivity contribution < 1.29 is 14.6 Å². The Balaban J connectivity index is 1.94. The molecule has 6 heteroatoms. The van der Waals surface area contributed by atoms with Crippen LogP contribution in [0.1, 0.15) is 56.8 Å². The fourth-order valence-electron chi connectivity index (χ4n) is 2.81. The van der Waals surface area contributed by atoms with Gasteiger partial charge in [-0.3, -0.25) is 10.1 Å². The average molecular weight is 318 g/mol. The van der Waals surface area contributed by atoms with Gasteiger partial charge in [0, 0.05) is 12.1 Å². The largest absolute Gasteiger partial charge is 0.365 e. The molecular formula is C17H22N2O4. The third kappa shape index (κ3) is 4.61. The summed E-state index contributed by atoms with van der Waals surface area (Å²) in [6, 6.07) is 5.46. The number of hydrogen-bond acceptors (Lipinski definition) is 5. The molecule has 1 aliphatic carbocycles. The second kappa shape index (κ2) is 6.89. The van der Waals surface area contributed by atoms with Gasteiger partial charge in [0.2, 0.25) is 0 Å². The Labute approximate surface area is 135 Å². The van der Waals surface area contributed by atoms with Crippen LogP contribution in [0, 0.1) is 21.4 Å². The molecule has 0 amide bonds. The van der Waals surface area contributed by atoms with Crippen LogP contribution in [0.4, 0.5) is 5.69 Å². The number of carbonyl (C=O) groups is 1. The van der Waals surface area contributed by atoms with Crippen molar-refractivity contribution in [2.75, 3.05) is 0 Å². The van der Waals surface area contributed by atoms with Gasteiger partial charge >= 0.3 is 5.97 Å². The highest BCUT2D eigenvalue weighted by Gasteiger charge is 2.28. The summed E-state index contributed by atoms with van der Waals surface area (Å²) in [4.78, 5) is 27.1. The van der Waals surface area contributed by atoms with E-state index in [1.165, 1.54) is 24.3 Å². The second-order valence-electron chi connectivity index (χ2n) is 6.98. The minimum atomic E-state index is -0.667. The lowest BCUT2D eigenvalue weighted by molar-refractivity contribution is -0.384. The van der Waals surface area contributed by atoms with E-state index >= 15 is 0 Å². The molecule has 0 heterocycles. The lowest BCUT2D eigenvalue weighted by Crippen LogP contribution is -2.26. The van der Waals surface area contributed by atoms with Crippen LogP contribution < -0.4 is 0 Å². The molecule has 0 N–H and O–H groups in total. The number of carbonyl (C=O) groups excluding carboxylic acids is 1. The standard InChI is InChI=1S/C17H22N2O4/c1-17(2,3)13-7-9-14(10-8-13)18-23-16(20)12-5-4-6-15(11-12)19(21)22/h4-6,11,13H,7-10H2,1-3H3. The predicted molar refractivity (Wildman–Crippen MR) is 87.4 cm³/mol. The Morgan fingerprint density at radius 1 is 1.30 bits per heavy atom. The summed E-state index contributed by atoms with van der Waals surface area (Å²) < 4.78 is 0. The molecule has 6 nitrogen and oxygen atoms in total. The first-order chi connectivity index (χ1) is 10.8. The lowest BCUT2D eigenvalue weighted by Gasteiger charge is -2.33. The Bertz CT molecular complexity index is 622. The fraction of sp³-hybridized carbons (Fsp3) is 0.529. The number of rotatable bonds is 3. The maximum atomic E-state index is 11.9. The van der Waals surface area contributed by atoms with Gasteiger partial charge in [-0.2, -0.15) is 0 Å². The molecule has 0 aliphatic heterocycles. The van der Waals surface area contributed by atoms with Crippen LogP contribution in [0.15, 0.2) is 29.4 Å². The Morgan fingerprint density at radius 2 is 1.96 bits per heavy atom. The second-order valence-corrected chi connectivity index (χ2v) is 6.98. The minimum absolute atomic E-state index is 0.131. The molecule has 0 saturated heterocycles. The summed E-state index contributed by atoms with van der Waals surface area (Å²) in [5, 5.41) is 14.7. The van der Waals surface area contributed by atoms with Crippen LogP contribution in [0.5, 0.6) is 0 Å². The maximum absolute atomic E-state index is 11.9. The molecule has 0 aromatic heterocycles. The number of benzene rings is 1. The predicted octanol–water partition coefficient (Wildman–Crippen LogP) is 4.34. The monoisotopic (exact) mass is 318 g/mol. The molecule has 23 heavy (non-hydrogen) atoms. The van der Waals surface area contributed by atoms with Gasteiger partial charge in [-0.1, -0.05) is 32.0 Å². The molecule has 0 bridgehead atoms. The van der Waals surface area contributed by atoms with Crippen molar-refractivity contribution in [3.05, 3.63) is 39.9 Å². The summed E-state index contributed by atoms with van der Waals surface area (Å²) in [5.41, 5.74) is 1.15. The first-order valence-electron chi connectivity index (χ1n) is 7.79. The Hall–Kier alpha value is -2.24. The highest BCUT2D eigenvalue weighted by molar-refractivity contribution is 5.91. The number of oxime groups is 1. The van der Waals surface area contributed by atoms with E-state index in [2.05, 4.69) is 25.9 Å². The van der Waals surface area contributed by atoms with E-state index in [1.54, 1.807) is 0 Å². The zero-order valence-corrected chi connectivity index (χ0v) is 13.7. The van der Waals surface area contributed by atoms with Crippen LogP contribution in [-0.2, 0) is 4.84 Å². The summed E-state index contributed by atoms with van der Waals surface area (Å²) in [7, 11) is 0. The molecule has 1 saturated carbocycles. The Kier molecular flexibility index (Phi) is 5.13. The van der Waals surface area contributed by atoms with Crippen LogP contribution in [0.3, 0.4) is 0 Å². The van der Waals surface area contributed by atoms with Crippen LogP contribution in [-0.4, -0.2) is 16.6 Å². The summed E-state index contributed by atoms with van der Waals surface area (Å²) >= 11 is 0. The van der Waals surface area contributed by atoms with E-state index in [1.807, 2.05) is 0 Å². The number of nitro groups is 1. The highest BCUT2D eigenvalue weighted by atomic mass is 16.7. The molecule has 1 aromatic carbocycles. The van der Waals surface area contributed by atoms with Gasteiger partial charge in [0.1, 0.15) is 0 Å².